The van der Waals surface area contributed by atoms with Crippen LogP contribution in [0.2, 0.25) is 0 Å². The van der Waals surface area contributed by atoms with E-state index in [2.05, 4.69) is 10.4 Å². The van der Waals surface area contributed by atoms with Gasteiger partial charge in [-0.15, -0.1) is 5.10 Å². The molecule has 9 heteroatoms. The highest BCUT2D eigenvalue weighted by atomic mass is 16.5. The number of rotatable bonds is 6. The molecule has 0 atom stereocenters. The van der Waals surface area contributed by atoms with E-state index in [1.807, 2.05) is 59.5 Å². The largest absolute Gasteiger partial charge is 0.497 e. The van der Waals surface area contributed by atoms with Crippen molar-refractivity contribution in [1.29, 1.82) is 0 Å². The molecule has 0 spiro atoms. The van der Waals surface area contributed by atoms with Crippen molar-refractivity contribution in [3.8, 4) is 5.75 Å². The number of anilines is 2. The standard InChI is InChI=1S/C21H21N5O4/c1-30-17-9-7-16(8-10-17)24-11-12-25-19(28)20(29)26(23-21(24)25)14-18(27)22-13-15-5-3-2-4-6-15/h2-10H,11-14H2,1H3,(H,22,27). The molecule has 0 bridgehead atoms. The summed E-state index contributed by atoms with van der Waals surface area (Å²) >= 11 is 0. The Hall–Kier alpha value is -3.88. The fourth-order valence-corrected chi connectivity index (χ4v) is 3.33. The molecule has 2 aromatic carbocycles. The molecule has 0 saturated carbocycles. The van der Waals surface area contributed by atoms with E-state index in [0.29, 0.717) is 31.3 Å². The van der Waals surface area contributed by atoms with Crippen LogP contribution in [0.25, 0.3) is 0 Å². The van der Waals surface area contributed by atoms with Gasteiger partial charge in [-0.25, -0.2) is 4.68 Å². The van der Waals surface area contributed by atoms with Crippen molar-refractivity contribution in [2.45, 2.75) is 19.6 Å². The fourth-order valence-electron chi connectivity index (χ4n) is 3.33. The van der Waals surface area contributed by atoms with Gasteiger partial charge in [-0.2, -0.15) is 0 Å². The SMILES string of the molecule is COc1ccc(N2CCn3c2nn(CC(=O)NCc2ccccc2)c(=O)c3=O)cc1. The molecule has 3 aromatic rings. The maximum absolute atomic E-state index is 12.5. The van der Waals surface area contributed by atoms with Crippen molar-refractivity contribution in [1.82, 2.24) is 19.7 Å². The van der Waals surface area contributed by atoms with Crippen LogP contribution in [0.4, 0.5) is 11.6 Å². The third-order valence-corrected chi connectivity index (χ3v) is 4.91. The fraction of sp³-hybridized carbons (Fsp3) is 0.238. The lowest BCUT2D eigenvalue weighted by atomic mass is 10.2. The Bertz CT molecular complexity index is 1170. The molecule has 1 N–H and O–H groups in total. The molecule has 4 rings (SSSR count). The Morgan fingerprint density at radius 1 is 1.03 bits per heavy atom. The van der Waals surface area contributed by atoms with Crippen LogP contribution in [-0.4, -0.2) is 33.9 Å². The van der Waals surface area contributed by atoms with Gasteiger partial charge in [0.15, 0.2) is 0 Å². The summed E-state index contributed by atoms with van der Waals surface area (Å²) in [5.74, 6) is 0.649. The molecule has 1 amide bonds. The van der Waals surface area contributed by atoms with Crippen molar-refractivity contribution >= 4 is 17.5 Å². The van der Waals surface area contributed by atoms with Gasteiger partial charge < -0.3 is 15.0 Å². The Morgan fingerprint density at radius 3 is 2.47 bits per heavy atom. The first-order valence-corrected chi connectivity index (χ1v) is 9.51. The van der Waals surface area contributed by atoms with Crippen LogP contribution in [0, 0.1) is 0 Å². The van der Waals surface area contributed by atoms with Crippen molar-refractivity contribution in [3.63, 3.8) is 0 Å². The van der Waals surface area contributed by atoms with Gasteiger partial charge in [0.25, 0.3) is 0 Å². The molecule has 0 radical (unpaired) electrons. The minimum atomic E-state index is -0.815. The molecule has 0 fully saturated rings. The maximum atomic E-state index is 12.5. The van der Waals surface area contributed by atoms with E-state index in [9.17, 15) is 14.4 Å². The maximum Gasteiger partial charge on any atom is 0.333 e. The number of ether oxygens (including phenoxy) is 1. The van der Waals surface area contributed by atoms with Crippen molar-refractivity contribution in [2.75, 3.05) is 18.6 Å². The second kappa shape index (κ2) is 8.24. The zero-order valence-corrected chi connectivity index (χ0v) is 16.4. The first kappa shape index (κ1) is 19.4. The second-order valence-corrected chi connectivity index (χ2v) is 6.83. The summed E-state index contributed by atoms with van der Waals surface area (Å²) in [7, 11) is 1.59. The molecule has 1 aliphatic heterocycles. The van der Waals surface area contributed by atoms with Gasteiger partial charge in [-0.05, 0) is 29.8 Å². The quantitative estimate of drug-likeness (QED) is 0.609. The average Bonchev–Trinajstić information content (AvgIpc) is 3.20. The minimum absolute atomic E-state index is 0.328. The van der Waals surface area contributed by atoms with E-state index in [4.69, 9.17) is 4.74 Å². The van der Waals surface area contributed by atoms with Crippen molar-refractivity contribution in [3.05, 3.63) is 80.9 Å². The van der Waals surface area contributed by atoms with Gasteiger partial charge in [-0.3, -0.25) is 19.0 Å². The number of fused-ring (bicyclic) bond motifs is 1. The highest BCUT2D eigenvalue weighted by molar-refractivity contribution is 5.75. The summed E-state index contributed by atoms with van der Waals surface area (Å²) in [6.07, 6.45) is 0. The summed E-state index contributed by atoms with van der Waals surface area (Å²) in [5, 5.41) is 7.05. The number of nitrogens with zero attached hydrogens (tertiary/aromatic N) is 4. The molecule has 2 heterocycles. The highest BCUT2D eigenvalue weighted by Crippen LogP contribution is 2.27. The lowest BCUT2D eigenvalue weighted by Crippen LogP contribution is -2.44. The Kier molecular flexibility index (Phi) is 5.34. The summed E-state index contributed by atoms with van der Waals surface area (Å²) in [6, 6.07) is 16.7. The predicted octanol–water partition coefficient (Wildman–Crippen LogP) is 0.882. The molecule has 0 aliphatic carbocycles. The second-order valence-electron chi connectivity index (χ2n) is 6.83. The van der Waals surface area contributed by atoms with Gasteiger partial charge in [-0.1, -0.05) is 30.3 Å². The number of methoxy groups -OCH3 is 1. The molecule has 1 aromatic heterocycles. The molecule has 0 saturated heterocycles. The topological polar surface area (TPSA) is 98.5 Å². The number of aromatic nitrogens is 3. The summed E-state index contributed by atoms with van der Waals surface area (Å²) < 4.78 is 7.44. The first-order chi connectivity index (χ1) is 14.6. The molecular weight excluding hydrogens is 386 g/mol. The van der Waals surface area contributed by atoms with E-state index in [1.165, 1.54) is 4.57 Å². The smallest absolute Gasteiger partial charge is 0.333 e. The lowest BCUT2D eigenvalue weighted by Gasteiger charge is -2.18. The Labute approximate surface area is 172 Å². The van der Waals surface area contributed by atoms with E-state index in [-0.39, 0.29) is 6.54 Å². The number of benzene rings is 2. The van der Waals surface area contributed by atoms with Gasteiger partial charge in [0.05, 0.1) is 7.11 Å². The number of nitrogens with one attached hydrogen (secondary N) is 1. The van der Waals surface area contributed by atoms with Crippen molar-refractivity contribution < 1.29 is 9.53 Å². The molecular formula is C21H21N5O4. The third kappa shape index (κ3) is 3.82. The number of carbonyl (C=O) groups is 1. The van der Waals surface area contributed by atoms with E-state index >= 15 is 0 Å². The van der Waals surface area contributed by atoms with Crippen LogP contribution in [0.15, 0.2) is 64.2 Å². The number of amides is 1. The first-order valence-electron chi connectivity index (χ1n) is 9.51. The van der Waals surface area contributed by atoms with Gasteiger partial charge in [0.1, 0.15) is 12.3 Å². The summed E-state index contributed by atoms with van der Waals surface area (Å²) in [4.78, 5) is 39.1. The van der Waals surface area contributed by atoms with Crippen LogP contribution in [0.3, 0.4) is 0 Å². The summed E-state index contributed by atoms with van der Waals surface area (Å²) in [5.41, 5.74) is 0.246. The van der Waals surface area contributed by atoms with E-state index in [0.717, 1.165) is 15.9 Å². The Morgan fingerprint density at radius 2 is 1.77 bits per heavy atom. The highest BCUT2D eigenvalue weighted by Gasteiger charge is 2.26. The van der Waals surface area contributed by atoms with Crippen LogP contribution in [-0.2, 0) is 24.4 Å². The van der Waals surface area contributed by atoms with Crippen LogP contribution in [0.1, 0.15) is 5.56 Å². The molecule has 0 unspecified atom stereocenters. The van der Waals surface area contributed by atoms with E-state index in [1.54, 1.807) is 7.11 Å². The molecule has 9 nitrogen and oxygen atoms in total. The predicted molar refractivity (Wildman–Crippen MR) is 111 cm³/mol. The molecule has 30 heavy (non-hydrogen) atoms. The average molecular weight is 407 g/mol. The lowest BCUT2D eigenvalue weighted by molar-refractivity contribution is -0.122. The summed E-state index contributed by atoms with van der Waals surface area (Å²) in [6.45, 7) is 0.850. The van der Waals surface area contributed by atoms with Gasteiger partial charge >= 0.3 is 11.1 Å². The zero-order chi connectivity index (χ0) is 21.1. The minimum Gasteiger partial charge on any atom is -0.497 e. The Balaban J connectivity index is 1.56. The third-order valence-electron chi connectivity index (χ3n) is 4.91. The number of carbonyl (C=O) groups excluding carboxylic acids is 1. The van der Waals surface area contributed by atoms with Gasteiger partial charge in [0, 0.05) is 25.3 Å². The molecule has 154 valence electrons. The zero-order valence-electron chi connectivity index (χ0n) is 16.4. The van der Waals surface area contributed by atoms with E-state index < -0.39 is 17.0 Å². The van der Waals surface area contributed by atoms with Crippen LogP contribution < -0.4 is 26.1 Å². The van der Waals surface area contributed by atoms with Crippen LogP contribution >= 0.6 is 0 Å². The molecule has 1 aliphatic rings. The van der Waals surface area contributed by atoms with Crippen LogP contribution in [0.5, 0.6) is 5.75 Å². The normalized spacial score (nSPS) is 12.5. The van der Waals surface area contributed by atoms with Crippen molar-refractivity contribution in [2.24, 2.45) is 0 Å². The number of hydrogen-bond donors (Lipinski definition) is 1. The monoisotopic (exact) mass is 407 g/mol. The van der Waals surface area contributed by atoms with Gasteiger partial charge in [0.2, 0.25) is 11.9 Å². The number of hydrogen-bond acceptors (Lipinski definition) is 6.